The van der Waals surface area contributed by atoms with Crippen LogP contribution in [0.5, 0.6) is 0 Å². The molecular formula is C5H9Cl3O3. The van der Waals surface area contributed by atoms with Gasteiger partial charge in [-0.05, 0) is 6.92 Å². The molecule has 0 fully saturated rings. The van der Waals surface area contributed by atoms with Gasteiger partial charge in [-0.2, -0.15) is 0 Å². The summed E-state index contributed by atoms with van der Waals surface area (Å²) in [6.45, 7) is 1.93. The van der Waals surface area contributed by atoms with E-state index < -0.39 is 16.2 Å². The number of aliphatic carboxylic acids is 1. The minimum absolute atomic E-state index is 0.250. The van der Waals surface area contributed by atoms with Gasteiger partial charge in [-0.25, -0.2) is 0 Å². The number of halogens is 3. The Bertz CT molecular complexity index is 110. The Hall–Kier alpha value is 0.300. The smallest absolute Gasteiger partial charge is 0.307 e. The minimum atomic E-state index is -1.66. The number of carbonyl (C=O) groups is 1. The SMILES string of the molecule is CCO.O=C(O)CC(Cl)(Cl)Cl. The summed E-state index contributed by atoms with van der Waals surface area (Å²) in [7, 11) is 0. The van der Waals surface area contributed by atoms with Gasteiger partial charge in [-0.15, -0.1) is 0 Å². The van der Waals surface area contributed by atoms with E-state index in [1.807, 2.05) is 0 Å². The summed E-state index contributed by atoms with van der Waals surface area (Å²) < 4.78 is -1.66. The third-order valence-electron chi connectivity index (χ3n) is 0.352. The molecule has 0 aliphatic carbocycles. The number of aliphatic hydroxyl groups is 1. The molecule has 0 saturated heterocycles. The summed E-state index contributed by atoms with van der Waals surface area (Å²) in [6, 6.07) is 0. The Labute approximate surface area is 79.9 Å². The van der Waals surface area contributed by atoms with E-state index in [1.165, 1.54) is 0 Å². The van der Waals surface area contributed by atoms with E-state index in [-0.39, 0.29) is 6.61 Å². The van der Waals surface area contributed by atoms with Crippen molar-refractivity contribution in [3.63, 3.8) is 0 Å². The number of alkyl halides is 3. The van der Waals surface area contributed by atoms with Crippen molar-refractivity contribution < 1.29 is 15.0 Å². The van der Waals surface area contributed by atoms with Crippen molar-refractivity contribution in [2.75, 3.05) is 6.61 Å². The normalized spacial score (nSPS) is 9.91. The average Bonchev–Trinajstić information content (AvgIpc) is 1.57. The maximum Gasteiger partial charge on any atom is 0.307 e. The second-order valence-electron chi connectivity index (χ2n) is 1.50. The zero-order valence-electron chi connectivity index (χ0n) is 5.85. The van der Waals surface area contributed by atoms with Crippen molar-refractivity contribution in [2.45, 2.75) is 17.1 Å². The van der Waals surface area contributed by atoms with Crippen molar-refractivity contribution in [1.29, 1.82) is 0 Å². The molecule has 0 heterocycles. The van der Waals surface area contributed by atoms with Crippen LogP contribution in [0.3, 0.4) is 0 Å². The molecule has 0 amide bonds. The first-order valence-corrected chi connectivity index (χ1v) is 3.86. The van der Waals surface area contributed by atoms with Crippen molar-refractivity contribution in [3.05, 3.63) is 0 Å². The monoisotopic (exact) mass is 222 g/mol. The molecule has 6 heteroatoms. The van der Waals surface area contributed by atoms with Crippen LogP contribution in [-0.2, 0) is 4.79 Å². The summed E-state index contributed by atoms with van der Waals surface area (Å²) in [5.74, 6) is -1.12. The van der Waals surface area contributed by atoms with Crippen LogP contribution in [0.25, 0.3) is 0 Å². The first-order chi connectivity index (χ1) is 4.83. The van der Waals surface area contributed by atoms with Crippen LogP contribution in [0, 0.1) is 0 Å². The van der Waals surface area contributed by atoms with Gasteiger partial charge in [-0.3, -0.25) is 4.79 Å². The fourth-order valence-corrected chi connectivity index (χ4v) is 0.514. The van der Waals surface area contributed by atoms with Gasteiger partial charge in [-0.1, -0.05) is 34.8 Å². The fourth-order valence-electron chi connectivity index (χ4n) is 0.171. The molecule has 0 aromatic carbocycles. The molecule has 68 valence electrons. The van der Waals surface area contributed by atoms with Gasteiger partial charge in [0.2, 0.25) is 3.79 Å². The number of rotatable bonds is 1. The van der Waals surface area contributed by atoms with E-state index in [9.17, 15) is 4.79 Å². The number of aliphatic hydroxyl groups excluding tert-OH is 1. The summed E-state index contributed by atoms with van der Waals surface area (Å²) in [4.78, 5) is 9.76. The van der Waals surface area contributed by atoms with Crippen LogP contribution in [0.15, 0.2) is 0 Å². The topological polar surface area (TPSA) is 57.5 Å². The Kier molecular flexibility index (Phi) is 8.79. The summed E-state index contributed by atoms with van der Waals surface area (Å²) in [5, 5.41) is 15.6. The molecule has 0 atom stereocenters. The van der Waals surface area contributed by atoms with E-state index in [0.717, 1.165) is 0 Å². The van der Waals surface area contributed by atoms with Gasteiger partial charge in [0.25, 0.3) is 0 Å². The minimum Gasteiger partial charge on any atom is -0.481 e. The fraction of sp³-hybridized carbons (Fsp3) is 0.800. The van der Waals surface area contributed by atoms with Crippen molar-refractivity contribution in [1.82, 2.24) is 0 Å². The molecule has 3 nitrogen and oxygen atoms in total. The molecule has 0 aromatic rings. The highest BCUT2D eigenvalue weighted by atomic mass is 35.6. The van der Waals surface area contributed by atoms with Crippen LogP contribution in [0.4, 0.5) is 0 Å². The summed E-state index contributed by atoms with van der Waals surface area (Å²) >= 11 is 15.2. The van der Waals surface area contributed by atoms with E-state index in [2.05, 4.69) is 0 Å². The van der Waals surface area contributed by atoms with E-state index in [1.54, 1.807) is 6.92 Å². The molecule has 11 heavy (non-hydrogen) atoms. The van der Waals surface area contributed by atoms with Gasteiger partial charge < -0.3 is 10.2 Å². The number of carboxylic acids is 1. The van der Waals surface area contributed by atoms with Gasteiger partial charge in [0.05, 0.1) is 6.42 Å². The molecule has 0 radical (unpaired) electrons. The number of carboxylic acid groups (broad SMARTS) is 1. The summed E-state index contributed by atoms with van der Waals surface area (Å²) in [5.41, 5.74) is 0. The predicted molar refractivity (Wildman–Crippen MR) is 45.3 cm³/mol. The molecule has 0 aromatic heterocycles. The predicted octanol–water partition coefficient (Wildman–Crippen LogP) is 1.83. The van der Waals surface area contributed by atoms with Crippen molar-refractivity contribution in [3.8, 4) is 0 Å². The quantitative estimate of drug-likeness (QED) is 0.667. The van der Waals surface area contributed by atoms with Crippen LogP contribution in [0.1, 0.15) is 13.3 Å². The lowest BCUT2D eigenvalue weighted by Crippen LogP contribution is -2.09. The molecule has 0 spiro atoms. The molecular weight excluding hydrogens is 214 g/mol. The molecule has 2 N–H and O–H groups in total. The highest BCUT2D eigenvalue weighted by molar-refractivity contribution is 6.68. The Morgan fingerprint density at radius 3 is 1.73 bits per heavy atom. The zero-order valence-corrected chi connectivity index (χ0v) is 8.12. The lowest BCUT2D eigenvalue weighted by molar-refractivity contribution is -0.136. The first-order valence-electron chi connectivity index (χ1n) is 2.73. The van der Waals surface area contributed by atoms with Gasteiger partial charge >= 0.3 is 5.97 Å². The molecule has 0 bridgehead atoms. The van der Waals surface area contributed by atoms with Gasteiger partial charge in [0.1, 0.15) is 0 Å². The van der Waals surface area contributed by atoms with Crippen molar-refractivity contribution in [2.24, 2.45) is 0 Å². The lowest BCUT2D eigenvalue weighted by Gasteiger charge is -2.03. The highest BCUT2D eigenvalue weighted by Gasteiger charge is 2.23. The molecule has 0 aliphatic heterocycles. The van der Waals surface area contributed by atoms with E-state index in [0.29, 0.717) is 0 Å². The third kappa shape index (κ3) is 25.3. The Balaban J connectivity index is 0. The van der Waals surface area contributed by atoms with E-state index >= 15 is 0 Å². The number of hydrogen-bond acceptors (Lipinski definition) is 2. The van der Waals surface area contributed by atoms with E-state index in [4.69, 9.17) is 45.0 Å². The molecule has 0 saturated carbocycles. The largest absolute Gasteiger partial charge is 0.481 e. The third-order valence-corrected chi connectivity index (χ3v) is 0.753. The molecule has 0 rings (SSSR count). The van der Waals surface area contributed by atoms with Gasteiger partial charge in [0.15, 0.2) is 0 Å². The molecule has 0 unspecified atom stereocenters. The lowest BCUT2D eigenvalue weighted by atomic mass is 10.5. The van der Waals surface area contributed by atoms with Crippen LogP contribution < -0.4 is 0 Å². The zero-order chi connectivity index (χ0) is 9.49. The average molecular weight is 223 g/mol. The van der Waals surface area contributed by atoms with Gasteiger partial charge in [0, 0.05) is 6.61 Å². The maximum atomic E-state index is 9.76. The molecule has 0 aliphatic rings. The summed E-state index contributed by atoms with van der Waals surface area (Å²) in [6.07, 6.45) is -0.461. The second-order valence-corrected chi connectivity index (χ2v) is 4.02. The van der Waals surface area contributed by atoms with Crippen LogP contribution >= 0.6 is 34.8 Å². The number of hydrogen-bond donors (Lipinski definition) is 2. The standard InChI is InChI=1S/C3H3Cl3O2.C2H6O/c4-3(5,6)1-2(7)8;1-2-3/h1H2,(H,7,8);3H,2H2,1H3. The first kappa shape index (κ1) is 13.9. The van der Waals surface area contributed by atoms with Crippen LogP contribution in [0.2, 0.25) is 0 Å². The van der Waals surface area contributed by atoms with Crippen molar-refractivity contribution >= 4 is 40.8 Å². The Morgan fingerprint density at radius 2 is 1.73 bits per heavy atom. The maximum absolute atomic E-state index is 9.76. The highest BCUT2D eigenvalue weighted by Crippen LogP contribution is 2.29. The van der Waals surface area contributed by atoms with Crippen LogP contribution in [-0.4, -0.2) is 26.6 Å². The Morgan fingerprint density at radius 1 is 1.45 bits per heavy atom. The second kappa shape index (κ2) is 6.98.